The summed E-state index contributed by atoms with van der Waals surface area (Å²) >= 11 is 0. The Bertz CT molecular complexity index is 568. The number of carbonyl (C=O) groups excluding carboxylic acids is 2. The van der Waals surface area contributed by atoms with Crippen LogP contribution >= 0.6 is 0 Å². The van der Waals surface area contributed by atoms with E-state index in [1.807, 2.05) is 18.2 Å². The number of hydrogen-bond donors (Lipinski definition) is 2. The first-order chi connectivity index (χ1) is 11.6. The van der Waals surface area contributed by atoms with Crippen molar-refractivity contribution in [3.8, 4) is 11.5 Å². The van der Waals surface area contributed by atoms with Crippen molar-refractivity contribution in [1.82, 2.24) is 10.6 Å². The summed E-state index contributed by atoms with van der Waals surface area (Å²) in [6, 6.07) is 5.86. The highest BCUT2D eigenvalue weighted by atomic mass is 16.5. The maximum atomic E-state index is 11.9. The molecule has 1 aromatic rings. The molecule has 0 saturated heterocycles. The fourth-order valence-corrected chi connectivity index (χ4v) is 2.91. The van der Waals surface area contributed by atoms with Crippen LogP contribution in [0.25, 0.3) is 0 Å². The number of amides is 2. The van der Waals surface area contributed by atoms with Crippen LogP contribution in [0.4, 0.5) is 0 Å². The summed E-state index contributed by atoms with van der Waals surface area (Å²) in [4.78, 5) is 23.7. The van der Waals surface area contributed by atoms with Crippen LogP contribution in [0.2, 0.25) is 0 Å². The van der Waals surface area contributed by atoms with E-state index in [0.29, 0.717) is 24.3 Å². The van der Waals surface area contributed by atoms with Gasteiger partial charge < -0.3 is 20.1 Å². The second-order valence-electron chi connectivity index (χ2n) is 6.01. The molecule has 132 valence electrons. The summed E-state index contributed by atoms with van der Waals surface area (Å²) in [5.74, 6) is 1.06. The summed E-state index contributed by atoms with van der Waals surface area (Å²) in [7, 11) is 3.17. The van der Waals surface area contributed by atoms with Gasteiger partial charge in [-0.05, 0) is 37.0 Å². The molecular weight excluding hydrogens is 308 g/mol. The third kappa shape index (κ3) is 5.44. The van der Waals surface area contributed by atoms with E-state index in [1.165, 1.54) is 12.8 Å². The lowest BCUT2D eigenvalue weighted by atomic mass is 10.1. The Morgan fingerprint density at radius 1 is 1.08 bits per heavy atom. The van der Waals surface area contributed by atoms with Gasteiger partial charge in [-0.1, -0.05) is 18.9 Å². The molecule has 0 unspecified atom stereocenters. The zero-order valence-electron chi connectivity index (χ0n) is 14.4. The van der Waals surface area contributed by atoms with Gasteiger partial charge >= 0.3 is 0 Å². The average molecular weight is 334 g/mol. The molecule has 6 heteroatoms. The Balaban J connectivity index is 1.71. The second-order valence-corrected chi connectivity index (χ2v) is 6.01. The van der Waals surface area contributed by atoms with Gasteiger partial charge in [0.15, 0.2) is 11.5 Å². The number of rotatable bonds is 8. The molecule has 0 spiro atoms. The Kier molecular flexibility index (Phi) is 6.90. The molecule has 1 fully saturated rings. The molecule has 0 heterocycles. The number of methoxy groups -OCH3 is 2. The van der Waals surface area contributed by atoms with Gasteiger partial charge in [0, 0.05) is 12.5 Å². The van der Waals surface area contributed by atoms with E-state index >= 15 is 0 Å². The Morgan fingerprint density at radius 3 is 2.46 bits per heavy atom. The lowest BCUT2D eigenvalue weighted by molar-refractivity contribution is -0.126. The van der Waals surface area contributed by atoms with Gasteiger partial charge in [-0.15, -0.1) is 0 Å². The van der Waals surface area contributed by atoms with E-state index < -0.39 is 0 Å². The number of aryl methyl sites for hydroxylation is 1. The van der Waals surface area contributed by atoms with Gasteiger partial charge in [0.25, 0.3) is 0 Å². The molecule has 24 heavy (non-hydrogen) atoms. The molecule has 1 aromatic carbocycles. The first-order valence-corrected chi connectivity index (χ1v) is 8.39. The van der Waals surface area contributed by atoms with Gasteiger partial charge in [-0.3, -0.25) is 9.59 Å². The molecule has 2 rings (SSSR count). The minimum absolute atomic E-state index is 0.0429. The Morgan fingerprint density at radius 2 is 1.79 bits per heavy atom. The molecule has 1 aliphatic carbocycles. The van der Waals surface area contributed by atoms with Crippen LogP contribution in [0, 0.1) is 0 Å². The van der Waals surface area contributed by atoms with Crippen LogP contribution in [0.15, 0.2) is 18.2 Å². The van der Waals surface area contributed by atoms with E-state index in [1.54, 1.807) is 14.2 Å². The number of nitrogens with one attached hydrogen (secondary N) is 2. The Hall–Kier alpha value is -2.24. The molecule has 0 radical (unpaired) electrons. The SMILES string of the molecule is COc1ccc(CCC(=O)NCC(=O)NC2CCCC2)cc1OC. The van der Waals surface area contributed by atoms with E-state index in [0.717, 1.165) is 18.4 Å². The quantitative estimate of drug-likeness (QED) is 0.760. The van der Waals surface area contributed by atoms with Gasteiger partial charge in [0.05, 0.1) is 20.8 Å². The highest BCUT2D eigenvalue weighted by Crippen LogP contribution is 2.27. The van der Waals surface area contributed by atoms with Crippen LogP contribution < -0.4 is 20.1 Å². The third-order valence-corrected chi connectivity index (χ3v) is 4.26. The van der Waals surface area contributed by atoms with Crippen molar-refractivity contribution in [2.24, 2.45) is 0 Å². The molecular formula is C18H26N2O4. The van der Waals surface area contributed by atoms with Crippen molar-refractivity contribution in [2.75, 3.05) is 20.8 Å². The van der Waals surface area contributed by atoms with Crippen LogP contribution in [0.3, 0.4) is 0 Å². The molecule has 0 bridgehead atoms. The monoisotopic (exact) mass is 334 g/mol. The summed E-state index contributed by atoms with van der Waals surface area (Å²) in [6.45, 7) is 0.0429. The van der Waals surface area contributed by atoms with Crippen LogP contribution in [0.5, 0.6) is 11.5 Å². The van der Waals surface area contributed by atoms with Crippen LogP contribution in [-0.2, 0) is 16.0 Å². The first-order valence-electron chi connectivity index (χ1n) is 8.39. The standard InChI is InChI=1S/C18H26N2O4/c1-23-15-9-7-13(11-16(15)24-2)8-10-17(21)19-12-18(22)20-14-5-3-4-6-14/h7,9,11,14H,3-6,8,10,12H2,1-2H3,(H,19,21)(H,20,22). The van der Waals surface area contributed by atoms with Crippen LogP contribution in [0.1, 0.15) is 37.7 Å². The van der Waals surface area contributed by atoms with Crippen molar-refractivity contribution in [2.45, 2.75) is 44.6 Å². The maximum absolute atomic E-state index is 11.9. The number of ether oxygens (including phenoxy) is 2. The van der Waals surface area contributed by atoms with E-state index in [9.17, 15) is 9.59 Å². The van der Waals surface area contributed by atoms with E-state index in [-0.39, 0.29) is 24.4 Å². The van der Waals surface area contributed by atoms with Crippen molar-refractivity contribution in [3.05, 3.63) is 23.8 Å². The highest BCUT2D eigenvalue weighted by molar-refractivity contribution is 5.84. The summed E-state index contributed by atoms with van der Waals surface area (Å²) < 4.78 is 10.4. The zero-order chi connectivity index (χ0) is 17.4. The minimum atomic E-state index is -0.133. The fourth-order valence-electron chi connectivity index (χ4n) is 2.91. The van der Waals surface area contributed by atoms with Crippen molar-refractivity contribution in [3.63, 3.8) is 0 Å². The fraction of sp³-hybridized carbons (Fsp3) is 0.556. The smallest absolute Gasteiger partial charge is 0.239 e. The first kappa shape index (κ1) is 18.1. The van der Waals surface area contributed by atoms with Gasteiger partial charge in [-0.25, -0.2) is 0 Å². The molecule has 0 aliphatic heterocycles. The van der Waals surface area contributed by atoms with Crippen molar-refractivity contribution >= 4 is 11.8 Å². The second kappa shape index (κ2) is 9.15. The summed E-state index contributed by atoms with van der Waals surface area (Å²) in [5, 5.41) is 5.62. The predicted octanol–water partition coefficient (Wildman–Crippen LogP) is 1.81. The average Bonchev–Trinajstić information content (AvgIpc) is 3.10. The molecule has 2 N–H and O–H groups in total. The number of benzene rings is 1. The van der Waals surface area contributed by atoms with E-state index in [4.69, 9.17) is 9.47 Å². The van der Waals surface area contributed by atoms with Crippen molar-refractivity contribution in [1.29, 1.82) is 0 Å². The zero-order valence-corrected chi connectivity index (χ0v) is 14.4. The molecule has 0 aromatic heterocycles. The predicted molar refractivity (Wildman–Crippen MR) is 91.3 cm³/mol. The number of hydrogen-bond acceptors (Lipinski definition) is 4. The Labute approximate surface area is 142 Å². The maximum Gasteiger partial charge on any atom is 0.239 e. The lowest BCUT2D eigenvalue weighted by Gasteiger charge is -2.12. The lowest BCUT2D eigenvalue weighted by Crippen LogP contribution is -2.41. The molecule has 6 nitrogen and oxygen atoms in total. The summed E-state index contributed by atoms with van der Waals surface area (Å²) in [5.41, 5.74) is 0.984. The van der Waals surface area contributed by atoms with Gasteiger partial charge in [0.1, 0.15) is 0 Å². The molecule has 1 aliphatic rings. The molecule has 0 atom stereocenters. The summed E-state index contributed by atoms with van der Waals surface area (Å²) in [6.07, 6.45) is 5.33. The minimum Gasteiger partial charge on any atom is -0.493 e. The highest BCUT2D eigenvalue weighted by Gasteiger charge is 2.17. The largest absolute Gasteiger partial charge is 0.493 e. The molecule has 2 amide bonds. The number of carbonyl (C=O) groups is 2. The normalized spacial score (nSPS) is 14.2. The van der Waals surface area contributed by atoms with E-state index in [2.05, 4.69) is 10.6 Å². The van der Waals surface area contributed by atoms with Gasteiger partial charge in [-0.2, -0.15) is 0 Å². The topological polar surface area (TPSA) is 76.7 Å². The van der Waals surface area contributed by atoms with Gasteiger partial charge in [0.2, 0.25) is 11.8 Å². The van der Waals surface area contributed by atoms with Crippen LogP contribution in [-0.4, -0.2) is 38.6 Å². The molecule has 1 saturated carbocycles. The van der Waals surface area contributed by atoms with Crippen molar-refractivity contribution < 1.29 is 19.1 Å². The third-order valence-electron chi connectivity index (χ3n) is 4.26.